The van der Waals surface area contributed by atoms with Gasteiger partial charge in [-0.25, -0.2) is 4.79 Å². The number of carbonyl (C=O) groups is 2. The van der Waals surface area contributed by atoms with Crippen LogP contribution in [0.1, 0.15) is 19.3 Å². The number of para-hydroxylation sites is 1. The number of amides is 3. The zero-order valence-corrected chi connectivity index (χ0v) is 14.4. The van der Waals surface area contributed by atoms with E-state index in [1.54, 1.807) is 53.5 Å². The molecule has 3 aliphatic rings. The largest absolute Gasteiger partial charge is 0.362 e. The summed E-state index contributed by atoms with van der Waals surface area (Å²) >= 11 is 0. The summed E-state index contributed by atoms with van der Waals surface area (Å²) in [5, 5.41) is 11.7. The fourth-order valence-electron chi connectivity index (χ4n) is 3.87. The van der Waals surface area contributed by atoms with Gasteiger partial charge in [0.15, 0.2) is 0 Å². The minimum atomic E-state index is -2.02. The molecular weight excluding hydrogens is 330 g/mol. The number of fused-ring (bicyclic) bond motifs is 1. The van der Waals surface area contributed by atoms with Crippen molar-refractivity contribution in [2.75, 3.05) is 18.0 Å². The molecule has 2 heterocycles. The van der Waals surface area contributed by atoms with E-state index >= 15 is 0 Å². The highest BCUT2D eigenvalue weighted by Gasteiger charge is 2.57. The fraction of sp³-hybridized carbons (Fsp3) is 0.350. The number of urea groups is 1. The van der Waals surface area contributed by atoms with Crippen molar-refractivity contribution >= 4 is 23.3 Å². The van der Waals surface area contributed by atoms with Gasteiger partial charge in [-0.05, 0) is 37.5 Å². The molecule has 1 N–H and O–H groups in total. The minimum Gasteiger partial charge on any atom is -0.362 e. The Morgan fingerprint density at radius 3 is 2.58 bits per heavy atom. The van der Waals surface area contributed by atoms with Gasteiger partial charge in [0.25, 0.3) is 5.91 Å². The van der Waals surface area contributed by atoms with Crippen LogP contribution in [-0.2, 0) is 4.79 Å². The summed E-state index contributed by atoms with van der Waals surface area (Å²) in [6.07, 6.45) is 9.83. The molecule has 2 aliphatic heterocycles. The van der Waals surface area contributed by atoms with Crippen molar-refractivity contribution < 1.29 is 14.7 Å². The van der Waals surface area contributed by atoms with Crippen molar-refractivity contribution in [3.63, 3.8) is 0 Å². The monoisotopic (exact) mass is 351 g/mol. The van der Waals surface area contributed by atoms with Crippen LogP contribution in [0.3, 0.4) is 0 Å². The first-order chi connectivity index (χ1) is 12.6. The molecule has 1 aromatic carbocycles. The van der Waals surface area contributed by atoms with Crippen LogP contribution in [0.25, 0.3) is 0 Å². The van der Waals surface area contributed by atoms with Crippen LogP contribution in [0, 0.1) is 5.92 Å². The minimum absolute atomic E-state index is 0.414. The molecule has 0 bridgehead atoms. The van der Waals surface area contributed by atoms with Crippen molar-refractivity contribution in [2.45, 2.75) is 25.0 Å². The Labute approximate surface area is 152 Å². The molecule has 0 spiro atoms. The van der Waals surface area contributed by atoms with Crippen molar-refractivity contribution in [3.05, 3.63) is 54.6 Å². The Morgan fingerprint density at radius 2 is 1.85 bits per heavy atom. The first-order valence-corrected chi connectivity index (χ1v) is 8.97. The van der Waals surface area contributed by atoms with Crippen molar-refractivity contribution in [3.8, 4) is 0 Å². The molecule has 0 aromatic heterocycles. The number of piperidine rings is 1. The van der Waals surface area contributed by atoms with Crippen LogP contribution in [0.2, 0.25) is 0 Å². The number of likely N-dealkylation sites (tertiary alicyclic amines) is 1. The third-order valence-electron chi connectivity index (χ3n) is 5.16. The molecule has 6 heteroatoms. The van der Waals surface area contributed by atoms with Crippen LogP contribution < -0.4 is 4.90 Å². The maximum absolute atomic E-state index is 13.4. The summed E-state index contributed by atoms with van der Waals surface area (Å²) in [7, 11) is 0. The zero-order chi connectivity index (χ0) is 18.1. The molecule has 1 saturated heterocycles. The summed E-state index contributed by atoms with van der Waals surface area (Å²) in [6, 6.07) is 8.13. The van der Waals surface area contributed by atoms with Crippen molar-refractivity contribution in [2.24, 2.45) is 10.9 Å². The highest BCUT2D eigenvalue weighted by molar-refractivity contribution is 6.17. The number of allylic oxidation sites excluding steroid dienone is 3. The third-order valence-corrected chi connectivity index (χ3v) is 5.16. The first-order valence-electron chi connectivity index (χ1n) is 8.97. The standard InChI is InChI=1S/C20H21N3O3/c24-18(22-13-7-2-8-14-22)20(26)16-11-5-6-12-17(16)21-19(25)23(20)15-9-3-1-4-10-15/h1,3-6,9-12,16,26H,2,7-8,13-14H2. The number of carbonyl (C=O) groups excluding carboxylic acids is 2. The lowest BCUT2D eigenvalue weighted by molar-refractivity contribution is -0.153. The van der Waals surface area contributed by atoms with E-state index in [0.29, 0.717) is 24.5 Å². The molecule has 0 radical (unpaired) electrons. The molecule has 1 fully saturated rings. The van der Waals surface area contributed by atoms with Gasteiger partial charge in [0, 0.05) is 18.8 Å². The molecule has 26 heavy (non-hydrogen) atoms. The Morgan fingerprint density at radius 1 is 1.12 bits per heavy atom. The smallest absolute Gasteiger partial charge is 0.351 e. The van der Waals surface area contributed by atoms with Crippen LogP contribution in [0.15, 0.2) is 59.6 Å². The second kappa shape index (κ2) is 6.53. The van der Waals surface area contributed by atoms with Crippen LogP contribution in [0.5, 0.6) is 0 Å². The highest BCUT2D eigenvalue weighted by Crippen LogP contribution is 2.38. The topological polar surface area (TPSA) is 73.2 Å². The summed E-state index contributed by atoms with van der Waals surface area (Å²) < 4.78 is 0. The number of anilines is 1. The number of rotatable bonds is 2. The van der Waals surface area contributed by atoms with E-state index in [9.17, 15) is 14.7 Å². The van der Waals surface area contributed by atoms with Gasteiger partial charge in [-0.15, -0.1) is 0 Å². The molecule has 0 saturated carbocycles. The van der Waals surface area contributed by atoms with Crippen LogP contribution in [0.4, 0.5) is 10.5 Å². The van der Waals surface area contributed by atoms with E-state index in [1.165, 1.54) is 0 Å². The molecule has 6 nitrogen and oxygen atoms in total. The molecule has 2 unspecified atom stereocenters. The van der Waals surface area contributed by atoms with Crippen LogP contribution in [-0.4, -0.2) is 46.5 Å². The Bertz CT molecular complexity index is 809. The first kappa shape index (κ1) is 16.7. The Balaban J connectivity index is 1.83. The molecule has 2 atom stereocenters. The molecule has 4 rings (SSSR count). The normalized spacial score (nSPS) is 28.0. The second-order valence-corrected chi connectivity index (χ2v) is 6.79. The summed E-state index contributed by atoms with van der Waals surface area (Å²) in [5.41, 5.74) is -1.15. The van der Waals surface area contributed by atoms with E-state index in [1.807, 2.05) is 6.07 Å². The highest BCUT2D eigenvalue weighted by atomic mass is 16.3. The van der Waals surface area contributed by atoms with Gasteiger partial charge in [-0.3, -0.25) is 9.69 Å². The summed E-state index contributed by atoms with van der Waals surface area (Å²) in [5.74, 6) is -1.13. The van der Waals surface area contributed by atoms with E-state index in [4.69, 9.17) is 0 Å². The Hall–Kier alpha value is -2.73. The quantitative estimate of drug-likeness (QED) is 0.890. The number of benzene rings is 1. The molecule has 134 valence electrons. The fourth-order valence-corrected chi connectivity index (χ4v) is 3.87. The van der Waals surface area contributed by atoms with E-state index < -0.39 is 23.6 Å². The van der Waals surface area contributed by atoms with Crippen molar-refractivity contribution in [1.29, 1.82) is 0 Å². The Kier molecular flexibility index (Phi) is 4.20. The molecule has 1 aromatic rings. The van der Waals surface area contributed by atoms with E-state index in [-0.39, 0.29) is 0 Å². The summed E-state index contributed by atoms with van der Waals surface area (Å²) in [6.45, 7) is 1.19. The van der Waals surface area contributed by atoms with Gasteiger partial charge in [0.1, 0.15) is 0 Å². The molecule has 3 amide bonds. The zero-order valence-electron chi connectivity index (χ0n) is 14.4. The van der Waals surface area contributed by atoms with E-state index in [2.05, 4.69) is 4.99 Å². The SMILES string of the molecule is O=C1N=C2C=CC=CC2C(O)(C(=O)N2CCCCC2)N1c1ccccc1. The number of hydrogen-bond donors (Lipinski definition) is 1. The maximum Gasteiger partial charge on any atom is 0.351 e. The average molecular weight is 351 g/mol. The van der Waals surface area contributed by atoms with Crippen LogP contribution >= 0.6 is 0 Å². The molecular formula is C20H21N3O3. The number of nitrogens with zero attached hydrogens (tertiary/aromatic N) is 3. The van der Waals surface area contributed by atoms with Gasteiger partial charge < -0.3 is 10.0 Å². The lowest BCUT2D eigenvalue weighted by Gasteiger charge is -2.47. The lowest BCUT2D eigenvalue weighted by Crippen LogP contribution is -2.69. The average Bonchev–Trinajstić information content (AvgIpc) is 2.69. The van der Waals surface area contributed by atoms with E-state index in [0.717, 1.165) is 24.2 Å². The van der Waals surface area contributed by atoms with Gasteiger partial charge >= 0.3 is 6.03 Å². The number of aliphatic imine (C=N–C) groups is 1. The van der Waals surface area contributed by atoms with Gasteiger partial charge in [0.05, 0.1) is 11.6 Å². The maximum atomic E-state index is 13.4. The predicted octanol–water partition coefficient (Wildman–Crippen LogP) is 2.51. The predicted molar refractivity (Wildman–Crippen MR) is 98.9 cm³/mol. The van der Waals surface area contributed by atoms with Gasteiger partial charge in [-0.1, -0.05) is 36.4 Å². The van der Waals surface area contributed by atoms with Gasteiger partial charge in [-0.2, -0.15) is 4.99 Å². The second-order valence-electron chi connectivity index (χ2n) is 6.79. The lowest BCUT2D eigenvalue weighted by atomic mass is 9.83. The van der Waals surface area contributed by atoms with Crippen molar-refractivity contribution in [1.82, 2.24) is 4.90 Å². The van der Waals surface area contributed by atoms with Gasteiger partial charge in [0.2, 0.25) is 5.72 Å². The third kappa shape index (κ3) is 2.57. The summed E-state index contributed by atoms with van der Waals surface area (Å²) in [4.78, 5) is 33.2. The number of hydrogen-bond acceptors (Lipinski definition) is 3. The molecule has 1 aliphatic carbocycles. The number of aliphatic hydroxyl groups is 1.